The van der Waals surface area contributed by atoms with Gasteiger partial charge in [0.15, 0.2) is 0 Å². The summed E-state index contributed by atoms with van der Waals surface area (Å²) in [6.07, 6.45) is 0.576. The van der Waals surface area contributed by atoms with Crippen LogP contribution in [0.5, 0.6) is 0 Å². The molecule has 5 heteroatoms. The molecule has 0 fully saturated rings. The summed E-state index contributed by atoms with van der Waals surface area (Å²) in [5.41, 5.74) is 5.67. The Kier molecular flexibility index (Phi) is 5.16. The minimum absolute atomic E-state index is 0.124. The van der Waals surface area contributed by atoms with Gasteiger partial charge in [-0.15, -0.1) is 0 Å². The van der Waals surface area contributed by atoms with Gasteiger partial charge in [0, 0.05) is 9.50 Å². The van der Waals surface area contributed by atoms with E-state index in [1.807, 2.05) is 31.2 Å². The summed E-state index contributed by atoms with van der Waals surface area (Å²) in [6.45, 7) is 1.97. The molecule has 0 saturated carbocycles. The first-order chi connectivity index (χ1) is 9.47. The Morgan fingerprint density at radius 1 is 1.25 bits per heavy atom. The van der Waals surface area contributed by atoms with Crippen molar-refractivity contribution >= 4 is 27.5 Å². The van der Waals surface area contributed by atoms with Crippen LogP contribution in [0.25, 0.3) is 0 Å². The lowest BCUT2D eigenvalue weighted by Crippen LogP contribution is -2.29. The van der Waals surface area contributed by atoms with E-state index in [9.17, 15) is 4.39 Å². The van der Waals surface area contributed by atoms with Gasteiger partial charge in [-0.1, -0.05) is 33.6 Å². The lowest BCUT2D eigenvalue weighted by Gasteiger charge is -2.17. The molecule has 1 unspecified atom stereocenters. The van der Waals surface area contributed by atoms with Gasteiger partial charge in [-0.05, 0) is 60.4 Å². The third kappa shape index (κ3) is 4.03. The Morgan fingerprint density at radius 3 is 2.60 bits per heavy atom. The number of hydrogen-bond acceptors (Lipinski definition) is 2. The number of hydrazine groups is 1. The average molecular weight is 358 g/mol. The Labute approximate surface area is 131 Å². The predicted octanol–water partition coefficient (Wildman–Crippen LogP) is 4.30. The van der Waals surface area contributed by atoms with E-state index in [2.05, 4.69) is 21.4 Å². The highest BCUT2D eigenvalue weighted by Gasteiger charge is 2.13. The van der Waals surface area contributed by atoms with E-state index in [4.69, 9.17) is 17.4 Å². The number of rotatable bonds is 4. The highest BCUT2D eigenvalue weighted by atomic mass is 79.9. The molecule has 20 heavy (non-hydrogen) atoms. The smallest absolute Gasteiger partial charge is 0.124 e. The molecule has 0 aromatic heterocycles. The number of aryl methyl sites for hydroxylation is 1. The lowest BCUT2D eigenvalue weighted by atomic mass is 9.98. The van der Waals surface area contributed by atoms with E-state index in [0.717, 1.165) is 16.7 Å². The van der Waals surface area contributed by atoms with Crippen molar-refractivity contribution in [3.05, 3.63) is 68.4 Å². The maximum absolute atomic E-state index is 13.4. The van der Waals surface area contributed by atoms with Gasteiger partial charge in [0.05, 0.1) is 6.04 Å². The van der Waals surface area contributed by atoms with Crippen molar-refractivity contribution in [1.29, 1.82) is 0 Å². The highest BCUT2D eigenvalue weighted by molar-refractivity contribution is 9.10. The lowest BCUT2D eigenvalue weighted by molar-refractivity contribution is 0.548. The monoisotopic (exact) mass is 356 g/mol. The van der Waals surface area contributed by atoms with Crippen molar-refractivity contribution in [1.82, 2.24) is 5.43 Å². The topological polar surface area (TPSA) is 38.0 Å². The molecule has 0 spiro atoms. The van der Waals surface area contributed by atoms with Crippen LogP contribution in [0.1, 0.15) is 22.7 Å². The summed E-state index contributed by atoms with van der Waals surface area (Å²) in [4.78, 5) is 0. The third-order valence-electron chi connectivity index (χ3n) is 3.03. The zero-order valence-corrected chi connectivity index (χ0v) is 13.3. The van der Waals surface area contributed by atoms with Crippen LogP contribution < -0.4 is 11.3 Å². The van der Waals surface area contributed by atoms with E-state index in [1.165, 1.54) is 12.1 Å². The van der Waals surface area contributed by atoms with Gasteiger partial charge in [-0.25, -0.2) is 4.39 Å². The highest BCUT2D eigenvalue weighted by Crippen LogP contribution is 2.24. The molecule has 0 amide bonds. The summed E-state index contributed by atoms with van der Waals surface area (Å²) in [5.74, 6) is 5.36. The number of benzene rings is 2. The van der Waals surface area contributed by atoms with Gasteiger partial charge in [0.2, 0.25) is 0 Å². The third-order valence-corrected chi connectivity index (χ3v) is 3.71. The van der Waals surface area contributed by atoms with Crippen LogP contribution in [0.2, 0.25) is 5.02 Å². The predicted molar refractivity (Wildman–Crippen MR) is 84.1 cm³/mol. The molecule has 0 aliphatic carbocycles. The second-order valence-corrected chi connectivity index (χ2v) is 6.12. The van der Waals surface area contributed by atoms with E-state index in [-0.39, 0.29) is 11.9 Å². The fourth-order valence-electron chi connectivity index (χ4n) is 2.20. The molecule has 0 heterocycles. The van der Waals surface area contributed by atoms with Gasteiger partial charge < -0.3 is 0 Å². The van der Waals surface area contributed by atoms with Crippen LogP contribution in [0.3, 0.4) is 0 Å². The molecule has 0 radical (unpaired) electrons. The molecular weight excluding hydrogens is 343 g/mol. The van der Waals surface area contributed by atoms with Crippen molar-refractivity contribution in [3.63, 3.8) is 0 Å². The Hall–Kier alpha value is -0.940. The standard InChI is InChI=1S/C15H15BrClFN2/c1-9-2-11(7-13(17)3-9)15(20-19)6-10-4-12(16)8-14(18)5-10/h2-5,7-8,15,20H,6,19H2,1H3. The number of nitrogens with two attached hydrogens (primary N) is 1. The van der Waals surface area contributed by atoms with E-state index >= 15 is 0 Å². The van der Waals surface area contributed by atoms with Crippen LogP contribution >= 0.6 is 27.5 Å². The minimum atomic E-state index is -0.271. The molecule has 0 aliphatic heterocycles. The zero-order chi connectivity index (χ0) is 14.7. The maximum Gasteiger partial charge on any atom is 0.124 e. The molecule has 0 bridgehead atoms. The molecule has 1 atom stereocenters. The molecule has 2 rings (SSSR count). The van der Waals surface area contributed by atoms with Gasteiger partial charge in [-0.2, -0.15) is 0 Å². The second-order valence-electron chi connectivity index (χ2n) is 4.76. The summed E-state index contributed by atoms with van der Waals surface area (Å²) < 4.78 is 14.1. The van der Waals surface area contributed by atoms with Crippen molar-refractivity contribution in [2.24, 2.45) is 5.84 Å². The van der Waals surface area contributed by atoms with Crippen molar-refractivity contribution in [2.75, 3.05) is 0 Å². The van der Waals surface area contributed by atoms with Crippen molar-refractivity contribution in [2.45, 2.75) is 19.4 Å². The normalized spacial score (nSPS) is 12.4. The molecule has 2 aromatic rings. The molecule has 0 aliphatic rings. The summed E-state index contributed by atoms with van der Waals surface area (Å²) in [7, 11) is 0. The van der Waals surface area contributed by atoms with Crippen LogP contribution in [-0.4, -0.2) is 0 Å². The minimum Gasteiger partial charge on any atom is -0.271 e. The first-order valence-electron chi connectivity index (χ1n) is 6.16. The van der Waals surface area contributed by atoms with E-state index in [0.29, 0.717) is 15.9 Å². The Morgan fingerprint density at radius 2 is 2.00 bits per heavy atom. The molecule has 2 nitrogen and oxygen atoms in total. The second kappa shape index (κ2) is 6.68. The van der Waals surface area contributed by atoms with Gasteiger partial charge in [0.1, 0.15) is 5.82 Å². The van der Waals surface area contributed by atoms with Crippen molar-refractivity contribution in [3.8, 4) is 0 Å². The number of halogens is 3. The van der Waals surface area contributed by atoms with Gasteiger partial charge >= 0.3 is 0 Å². The van der Waals surface area contributed by atoms with Gasteiger partial charge in [0.25, 0.3) is 0 Å². The molecular formula is C15H15BrClFN2. The first-order valence-corrected chi connectivity index (χ1v) is 7.33. The Balaban J connectivity index is 2.28. The van der Waals surface area contributed by atoms with Gasteiger partial charge in [-0.3, -0.25) is 11.3 Å². The molecule has 2 aromatic carbocycles. The maximum atomic E-state index is 13.4. The quantitative estimate of drug-likeness (QED) is 0.632. The van der Waals surface area contributed by atoms with Crippen LogP contribution in [0, 0.1) is 12.7 Å². The van der Waals surface area contributed by atoms with Crippen LogP contribution in [0.15, 0.2) is 40.9 Å². The van der Waals surface area contributed by atoms with Crippen molar-refractivity contribution < 1.29 is 4.39 Å². The summed E-state index contributed by atoms with van der Waals surface area (Å²) in [5, 5.41) is 0.667. The number of nitrogens with one attached hydrogen (secondary N) is 1. The van der Waals surface area contributed by atoms with Crippen LogP contribution in [-0.2, 0) is 6.42 Å². The zero-order valence-electron chi connectivity index (χ0n) is 11.0. The van der Waals surface area contributed by atoms with E-state index in [1.54, 1.807) is 0 Å². The van der Waals surface area contributed by atoms with E-state index < -0.39 is 0 Å². The fraction of sp³-hybridized carbons (Fsp3) is 0.200. The summed E-state index contributed by atoms with van der Waals surface area (Å²) >= 11 is 9.36. The number of hydrogen-bond donors (Lipinski definition) is 2. The Bertz CT molecular complexity index is 578. The molecule has 0 saturated heterocycles. The average Bonchev–Trinajstić information content (AvgIpc) is 2.33. The largest absolute Gasteiger partial charge is 0.271 e. The molecule has 3 N–H and O–H groups in total. The fourth-order valence-corrected chi connectivity index (χ4v) is 3.01. The van der Waals surface area contributed by atoms with Crippen LogP contribution in [0.4, 0.5) is 4.39 Å². The molecule has 106 valence electrons. The first kappa shape index (κ1) is 15.4. The summed E-state index contributed by atoms with van der Waals surface area (Å²) in [6, 6.07) is 10.5. The SMILES string of the molecule is Cc1cc(Cl)cc(C(Cc2cc(F)cc(Br)c2)NN)c1.